The van der Waals surface area contributed by atoms with Crippen molar-refractivity contribution < 1.29 is 14.3 Å². The number of ether oxygens (including phenoxy) is 1. The van der Waals surface area contributed by atoms with E-state index >= 15 is 0 Å². The molecular weight excluding hydrogens is 254 g/mol. The van der Waals surface area contributed by atoms with E-state index in [2.05, 4.69) is 5.32 Å². The number of anilines is 1. The largest absolute Gasteiger partial charge is 0.496 e. The third kappa shape index (κ3) is 4.08. The number of hydrogen-bond donors (Lipinski definition) is 1. The molecule has 0 bridgehead atoms. The summed E-state index contributed by atoms with van der Waals surface area (Å²) >= 11 is 0. The van der Waals surface area contributed by atoms with Gasteiger partial charge in [0.05, 0.1) is 7.11 Å². The van der Waals surface area contributed by atoms with Crippen LogP contribution in [0.3, 0.4) is 0 Å². The number of rotatable bonds is 5. The number of benzene rings is 1. The lowest BCUT2D eigenvalue weighted by molar-refractivity contribution is -0.123. The van der Waals surface area contributed by atoms with Crippen molar-refractivity contribution in [2.24, 2.45) is 5.41 Å². The van der Waals surface area contributed by atoms with Gasteiger partial charge in [-0.25, -0.2) is 0 Å². The van der Waals surface area contributed by atoms with Crippen molar-refractivity contribution in [1.82, 2.24) is 0 Å². The van der Waals surface area contributed by atoms with Crippen LogP contribution in [0.15, 0.2) is 18.2 Å². The van der Waals surface area contributed by atoms with E-state index in [0.29, 0.717) is 17.9 Å². The van der Waals surface area contributed by atoms with Crippen LogP contribution in [-0.4, -0.2) is 18.8 Å². The highest BCUT2D eigenvalue weighted by atomic mass is 16.5. The van der Waals surface area contributed by atoms with Crippen molar-refractivity contribution in [3.63, 3.8) is 0 Å². The highest BCUT2D eigenvalue weighted by molar-refractivity contribution is 5.96. The standard InChI is InChI=1S/C16H23NO3/c1-6-11(18)10-12-13(8-7-9-14(12)20-5)17-15(19)16(2,3)4/h7-9H,6,10H2,1-5H3,(H,17,19). The third-order valence-corrected chi connectivity index (χ3v) is 3.05. The lowest BCUT2D eigenvalue weighted by Crippen LogP contribution is -2.28. The molecule has 110 valence electrons. The second-order valence-electron chi connectivity index (χ2n) is 5.76. The van der Waals surface area contributed by atoms with E-state index in [1.165, 1.54) is 0 Å². The molecule has 20 heavy (non-hydrogen) atoms. The summed E-state index contributed by atoms with van der Waals surface area (Å²) in [6, 6.07) is 5.40. The zero-order valence-corrected chi connectivity index (χ0v) is 12.9. The number of hydrogen-bond acceptors (Lipinski definition) is 3. The topological polar surface area (TPSA) is 55.4 Å². The smallest absolute Gasteiger partial charge is 0.229 e. The summed E-state index contributed by atoms with van der Waals surface area (Å²) < 4.78 is 5.30. The fourth-order valence-electron chi connectivity index (χ4n) is 1.69. The Morgan fingerprint density at radius 3 is 2.40 bits per heavy atom. The van der Waals surface area contributed by atoms with Gasteiger partial charge in [-0.1, -0.05) is 33.8 Å². The fourth-order valence-corrected chi connectivity index (χ4v) is 1.69. The van der Waals surface area contributed by atoms with Crippen LogP contribution in [0.4, 0.5) is 5.69 Å². The summed E-state index contributed by atoms with van der Waals surface area (Å²) in [6.45, 7) is 7.36. The van der Waals surface area contributed by atoms with Crippen LogP contribution in [-0.2, 0) is 16.0 Å². The van der Waals surface area contributed by atoms with Gasteiger partial charge in [0, 0.05) is 29.5 Å². The van der Waals surface area contributed by atoms with E-state index in [1.54, 1.807) is 25.3 Å². The average Bonchev–Trinajstić information content (AvgIpc) is 2.39. The number of carbonyl (C=O) groups is 2. The molecule has 4 nitrogen and oxygen atoms in total. The van der Waals surface area contributed by atoms with Gasteiger partial charge in [0.15, 0.2) is 0 Å². The molecule has 4 heteroatoms. The minimum atomic E-state index is -0.491. The minimum Gasteiger partial charge on any atom is -0.496 e. The molecule has 1 amide bonds. The van der Waals surface area contributed by atoms with Crippen molar-refractivity contribution in [2.45, 2.75) is 40.5 Å². The van der Waals surface area contributed by atoms with Gasteiger partial charge in [0.2, 0.25) is 5.91 Å². The molecule has 0 heterocycles. The Balaban J connectivity index is 3.12. The molecule has 0 aliphatic heterocycles. The predicted octanol–water partition coefficient (Wildman–Crippen LogP) is 3.20. The summed E-state index contributed by atoms with van der Waals surface area (Å²) in [4.78, 5) is 23.8. The average molecular weight is 277 g/mol. The first kappa shape index (κ1) is 16.2. The van der Waals surface area contributed by atoms with Crippen molar-refractivity contribution in [1.29, 1.82) is 0 Å². The molecule has 1 N–H and O–H groups in total. The number of ketones is 1. The maximum atomic E-state index is 12.1. The number of amides is 1. The predicted molar refractivity (Wildman–Crippen MR) is 80.1 cm³/mol. The molecule has 0 saturated heterocycles. The van der Waals surface area contributed by atoms with Crippen LogP contribution in [0, 0.1) is 5.41 Å². The summed E-state index contributed by atoms with van der Waals surface area (Å²) in [5, 5.41) is 2.88. The SMILES string of the molecule is CCC(=O)Cc1c(NC(=O)C(C)(C)C)cccc1OC. The molecule has 0 spiro atoms. The normalized spacial score (nSPS) is 11.1. The highest BCUT2D eigenvalue weighted by Gasteiger charge is 2.23. The van der Waals surface area contributed by atoms with Gasteiger partial charge >= 0.3 is 0 Å². The van der Waals surface area contributed by atoms with Gasteiger partial charge < -0.3 is 10.1 Å². The molecule has 0 unspecified atom stereocenters. The Morgan fingerprint density at radius 2 is 1.90 bits per heavy atom. The van der Waals surface area contributed by atoms with Crippen LogP contribution in [0.1, 0.15) is 39.7 Å². The van der Waals surface area contributed by atoms with Gasteiger partial charge in [0.1, 0.15) is 11.5 Å². The molecule has 1 rings (SSSR count). The minimum absolute atomic E-state index is 0.0871. The Labute approximate surface area is 120 Å². The van der Waals surface area contributed by atoms with Gasteiger partial charge in [-0.15, -0.1) is 0 Å². The lowest BCUT2D eigenvalue weighted by Gasteiger charge is -2.20. The van der Waals surface area contributed by atoms with E-state index in [4.69, 9.17) is 4.74 Å². The molecule has 0 aromatic heterocycles. The van der Waals surface area contributed by atoms with Crippen molar-refractivity contribution in [3.05, 3.63) is 23.8 Å². The maximum absolute atomic E-state index is 12.1. The number of carbonyl (C=O) groups excluding carboxylic acids is 2. The second-order valence-corrected chi connectivity index (χ2v) is 5.76. The van der Waals surface area contributed by atoms with Gasteiger partial charge in [-0.2, -0.15) is 0 Å². The van der Waals surface area contributed by atoms with E-state index < -0.39 is 5.41 Å². The van der Waals surface area contributed by atoms with E-state index in [1.807, 2.05) is 27.7 Å². The van der Waals surface area contributed by atoms with E-state index in [9.17, 15) is 9.59 Å². The molecule has 1 aromatic rings. The lowest BCUT2D eigenvalue weighted by atomic mass is 9.95. The number of Topliss-reactive ketones (excluding diaryl/α,β-unsaturated/α-hetero) is 1. The van der Waals surface area contributed by atoms with Crippen LogP contribution in [0.5, 0.6) is 5.75 Å². The quantitative estimate of drug-likeness (QED) is 0.899. The first-order valence-corrected chi connectivity index (χ1v) is 6.78. The van der Waals surface area contributed by atoms with Gasteiger partial charge in [0.25, 0.3) is 0 Å². The van der Waals surface area contributed by atoms with E-state index in [0.717, 1.165) is 5.56 Å². The zero-order chi connectivity index (χ0) is 15.3. The summed E-state index contributed by atoms with van der Waals surface area (Å²) in [5.74, 6) is 0.648. The van der Waals surface area contributed by atoms with Crippen LogP contribution >= 0.6 is 0 Å². The number of methoxy groups -OCH3 is 1. The molecule has 1 aromatic carbocycles. The van der Waals surface area contributed by atoms with Crippen molar-refractivity contribution in [2.75, 3.05) is 12.4 Å². The Morgan fingerprint density at radius 1 is 1.25 bits per heavy atom. The van der Waals surface area contributed by atoms with Crippen LogP contribution < -0.4 is 10.1 Å². The summed E-state index contributed by atoms with van der Waals surface area (Å²) in [5.41, 5.74) is 0.889. The van der Waals surface area contributed by atoms with Gasteiger partial charge in [-0.3, -0.25) is 9.59 Å². The Hall–Kier alpha value is -1.84. The maximum Gasteiger partial charge on any atom is 0.229 e. The molecule has 0 radical (unpaired) electrons. The fraction of sp³-hybridized carbons (Fsp3) is 0.500. The van der Waals surface area contributed by atoms with Crippen molar-refractivity contribution in [3.8, 4) is 5.75 Å². The molecular formula is C16H23NO3. The summed E-state index contributed by atoms with van der Waals surface area (Å²) in [6.07, 6.45) is 0.727. The Bertz CT molecular complexity index is 501. The van der Waals surface area contributed by atoms with Gasteiger partial charge in [-0.05, 0) is 12.1 Å². The summed E-state index contributed by atoms with van der Waals surface area (Å²) in [7, 11) is 1.56. The van der Waals surface area contributed by atoms with Crippen LogP contribution in [0.2, 0.25) is 0 Å². The number of nitrogens with one attached hydrogen (secondary N) is 1. The molecule has 0 fully saturated rings. The van der Waals surface area contributed by atoms with Crippen LogP contribution in [0.25, 0.3) is 0 Å². The first-order valence-electron chi connectivity index (χ1n) is 6.78. The second kappa shape index (κ2) is 6.55. The Kier molecular flexibility index (Phi) is 5.31. The third-order valence-electron chi connectivity index (χ3n) is 3.05. The molecule has 0 saturated carbocycles. The molecule has 0 aliphatic rings. The molecule has 0 atom stereocenters. The zero-order valence-electron chi connectivity index (χ0n) is 12.9. The first-order chi connectivity index (χ1) is 9.29. The van der Waals surface area contributed by atoms with Crippen molar-refractivity contribution >= 4 is 17.4 Å². The molecule has 0 aliphatic carbocycles. The van der Waals surface area contributed by atoms with E-state index in [-0.39, 0.29) is 18.1 Å². The highest BCUT2D eigenvalue weighted by Crippen LogP contribution is 2.29. The monoisotopic (exact) mass is 277 g/mol.